The van der Waals surface area contributed by atoms with Crippen molar-refractivity contribution < 1.29 is 13.2 Å². The molecule has 0 aliphatic rings. The SMILES string of the molecule is Nc1nc2cccnc2n1-c1ccc(Cl)cc1C(F)(F)F. The van der Waals surface area contributed by atoms with Crippen molar-refractivity contribution in [3.05, 3.63) is 47.1 Å². The highest BCUT2D eigenvalue weighted by Crippen LogP contribution is 2.37. The summed E-state index contributed by atoms with van der Waals surface area (Å²) in [6, 6.07) is 6.72. The molecule has 0 unspecified atom stereocenters. The second-order valence-electron chi connectivity index (χ2n) is 4.31. The molecule has 0 atom stereocenters. The van der Waals surface area contributed by atoms with Gasteiger partial charge in [0, 0.05) is 11.2 Å². The summed E-state index contributed by atoms with van der Waals surface area (Å²) in [5.41, 5.74) is 5.36. The maximum atomic E-state index is 13.2. The van der Waals surface area contributed by atoms with Gasteiger partial charge in [0.2, 0.25) is 5.95 Å². The lowest BCUT2D eigenvalue weighted by Gasteiger charge is -2.15. The van der Waals surface area contributed by atoms with Crippen LogP contribution in [-0.2, 0) is 6.18 Å². The molecule has 21 heavy (non-hydrogen) atoms. The van der Waals surface area contributed by atoms with Crippen LogP contribution < -0.4 is 5.73 Å². The minimum Gasteiger partial charge on any atom is -0.369 e. The van der Waals surface area contributed by atoms with E-state index >= 15 is 0 Å². The molecule has 0 bridgehead atoms. The molecule has 0 saturated carbocycles. The van der Waals surface area contributed by atoms with Gasteiger partial charge in [0.1, 0.15) is 5.52 Å². The lowest BCUT2D eigenvalue weighted by atomic mass is 10.1. The predicted octanol–water partition coefficient (Wildman–Crippen LogP) is 3.67. The average Bonchev–Trinajstić information content (AvgIpc) is 2.74. The number of imidazole rings is 1. The van der Waals surface area contributed by atoms with Crippen molar-refractivity contribution in [3.63, 3.8) is 0 Å². The molecule has 0 radical (unpaired) electrons. The average molecular weight is 313 g/mol. The number of hydrogen-bond acceptors (Lipinski definition) is 3. The van der Waals surface area contributed by atoms with Crippen LogP contribution in [0, 0.1) is 0 Å². The van der Waals surface area contributed by atoms with E-state index in [1.54, 1.807) is 12.1 Å². The Morgan fingerprint density at radius 1 is 1.19 bits per heavy atom. The summed E-state index contributed by atoms with van der Waals surface area (Å²) < 4.78 is 40.8. The van der Waals surface area contributed by atoms with Crippen LogP contribution >= 0.6 is 11.6 Å². The van der Waals surface area contributed by atoms with Crippen LogP contribution in [0.4, 0.5) is 19.1 Å². The third-order valence-corrected chi connectivity index (χ3v) is 3.18. The van der Waals surface area contributed by atoms with Crippen molar-refractivity contribution in [2.24, 2.45) is 0 Å². The van der Waals surface area contributed by atoms with Gasteiger partial charge in [0.05, 0.1) is 11.3 Å². The van der Waals surface area contributed by atoms with E-state index < -0.39 is 11.7 Å². The third kappa shape index (κ3) is 2.29. The smallest absolute Gasteiger partial charge is 0.369 e. The summed E-state index contributed by atoms with van der Waals surface area (Å²) in [6.45, 7) is 0. The largest absolute Gasteiger partial charge is 0.418 e. The highest BCUT2D eigenvalue weighted by Gasteiger charge is 2.35. The Labute approximate surface area is 122 Å². The molecule has 0 aliphatic heterocycles. The Hall–Kier alpha value is -2.28. The van der Waals surface area contributed by atoms with E-state index in [4.69, 9.17) is 17.3 Å². The van der Waals surface area contributed by atoms with Crippen molar-refractivity contribution in [2.75, 3.05) is 5.73 Å². The van der Waals surface area contributed by atoms with E-state index in [9.17, 15) is 13.2 Å². The monoisotopic (exact) mass is 312 g/mol. The first kappa shape index (κ1) is 13.7. The molecule has 3 aromatic rings. The predicted molar refractivity (Wildman–Crippen MR) is 73.3 cm³/mol. The minimum atomic E-state index is -4.57. The minimum absolute atomic E-state index is 0.0120. The van der Waals surface area contributed by atoms with Crippen LogP contribution in [0.1, 0.15) is 5.56 Å². The summed E-state index contributed by atoms with van der Waals surface area (Å²) in [6.07, 6.45) is -3.11. The Morgan fingerprint density at radius 2 is 1.95 bits per heavy atom. The molecule has 0 fully saturated rings. The summed E-state index contributed by atoms with van der Waals surface area (Å²) in [7, 11) is 0. The fourth-order valence-electron chi connectivity index (χ4n) is 2.10. The lowest BCUT2D eigenvalue weighted by Crippen LogP contribution is -2.12. The number of nitrogens with zero attached hydrogens (tertiary/aromatic N) is 3. The van der Waals surface area contributed by atoms with Gasteiger partial charge >= 0.3 is 6.18 Å². The number of nitrogens with two attached hydrogens (primary N) is 1. The zero-order valence-corrected chi connectivity index (χ0v) is 11.2. The van der Waals surface area contributed by atoms with E-state index in [1.165, 1.54) is 18.3 Å². The molecule has 108 valence electrons. The van der Waals surface area contributed by atoms with Crippen LogP contribution in [-0.4, -0.2) is 14.5 Å². The molecule has 3 rings (SSSR count). The Bertz CT molecular complexity index is 826. The first-order valence-electron chi connectivity index (χ1n) is 5.84. The standard InChI is InChI=1S/C13H8ClF3N4/c14-7-3-4-10(8(6-7)13(15,16)17)21-11-9(20-12(21)18)2-1-5-19-11/h1-6H,(H2,18,20). The summed E-state index contributed by atoms with van der Waals surface area (Å²) >= 11 is 5.67. The number of benzene rings is 1. The van der Waals surface area contributed by atoms with Crippen molar-refractivity contribution in [1.29, 1.82) is 0 Å². The normalized spacial score (nSPS) is 12.0. The molecule has 2 aromatic heterocycles. The van der Waals surface area contributed by atoms with Crippen molar-refractivity contribution in [2.45, 2.75) is 6.18 Å². The molecule has 8 heteroatoms. The number of alkyl halides is 3. The number of nitrogen functional groups attached to an aromatic ring is 1. The number of pyridine rings is 1. The molecule has 2 heterocycles. The number of anilines is 1. The quantitative estimate of drug-likeness (QED) is 0.746. The summed E-state index contributed by atoms with van der Waals surface area (Å²) in [4.78, 5) is 8.06. The van der Waals surface area contributed by atoms with Gasteiger partial charge in [-0.3, -0.25) is 4.57 Å². The van der Waals surface area contributed by atoms with Crippen molar-refractivity contribution in [3.8, 4) is 5.69 Å². The third-order valence-electron chi connectivity index (χ3n) is 2.95. The molecule has 0 aliphatic carbocycles. The van der Waals surface area contributed by atoms with Gasteiger partial charge in [-0.25, -0.2) is 9.97 Å². The lowest BCUT2D eigenvalue weighted by molar-refractivity contribution is -0.137. The number of fused-ring (bicyclic) bond motifs is 1. The van der Waals surface area contributed by atoms with E-state index in [0.717, 1.165) is 10.6 Å². The number of hydrogen-bond donors (Lipinski definition) is 1. The van der Waals surface area contributed by atoms with Crippen molar-refractivity contribution in [1.82, 2.24) is 14.5 Å². The molecule has 0 spiro atoms. The highest BCUT2D eigenvalue weighted by atomic mass is 35.5. The maximum Gasteiger partial charge on any atom is 0.418 e. The van der Waals surface area contributed by atoms with Gasteiger partial charge in [0.25, 0.3) is 0 Å². The Kier molecular flexibility index (Phi) is 3.02. The van der Waals surface area contributed by atoms with Crippen LogP contribution in [0.15, 0.2) is 36.5 Å². The first-order chi connectivity index (χ1) is 9.88. The van der Waals surface area contributed by atoms with E-state index in [-0.39, 0.29) is 22.3 Å². The van der Waals surface area contributed by atoms with E-state index in [2.05, 4.69) is 9.97 Å². The van der Waals surface area contributed by atoms with E-state index in [1.807, 2.05) is 0 Å². The molecule has 1 aromatic carbocycles. The van der Waals surface area contributed by atoms with E-state index in [0.29, 0.717) is 5.52 Å². The summed E-state index contributed by atoms with van der Waals surface area (Å²) in [5, 5.41) is -0.0120. The first-order valence-corrected chi connectivity index (χ1v) is 6.22. The fraction of sp³-hybridized carbons (Fsp3) is 0.0769. The van der Waals surface area contributed by atoms with Crippen LogP contribution in [0.5, 0.6) is 0 Å². The molecular weight excluding hydrogens is 305 g/mol. The maximum absolute atomic E-state index is 13.2. The zero-order valence-electron chi connectivity index (χ0n) is 10.4. The van der Waals surface area contributed by atoms with Gasteiger partial charge in [0.15, 0.2) is 5.65 Å². The molecule has 2 N–H and O–H groups in total. The number of rotatable bonds is 1. The number of aromatic nitrogens is 3. The van der Waals surface area contributed by atoms with Crippen LogP contribution in [0.3, 0.4) is 0 Å². The van der Waals surface area contributed by atoms with Crippen LogP contribution in [0.2, 0.25) is 5.02 Å². The Morgan fingerprint density at radius 3 is 2.67 bits per heavy atom. The van der Waals surface area contributed by atoms with Crippen molar-refractivity contribution >= 4 is 28.7 Å². The summed E-state index contributed by atoms with van der Waals surface area (Å²) in [5.74, 6) is -0.0727. The number of halogens is 4. The topological polar surface area (TPSA) is 56.7 Å². The molecular formula is C13H8ClF3N4. The molecule has 4 nitrogen and oxygen atoms in total. The zero-order chi connectivity index (χ0) is 15.2. The van der Waals surface area contributed by atoms with Gasteiger partial charge in [-0.15, -0.1) is 0 Å². The fourth-order valence-corrected chi connectivity index (χ4v) is 2.27. The second kappa shape index (κ2) is 4.63. The van der Waals surface area contributed by atoms with Gasteiger partial charge in [-0.1, -0.05) is 11.6 Å². The van der Waals surface area contributed by atoms with Crippen LogP contribution in [0.25, 0.3) is 16.9 Å². The Balaban J connectivity index is 2.36. The molecule has 0 amide bonds. The second-order valence-corrected chi connectivity index (χ2v) is 4.75. The highest BCUT2D eigenvalue weighted by molar-refractivity contribution is 6.30. The van der Waals surface area contributed by atoms with Gasteiger partial charge in [-0.05, 0) is 30.3 Å². The van der Waals surface area contributed by atoms with Gasteiger partial charge < -0.3 is 5.73 Å². The van der Waals surface area contributed by atoms with Gasteiger partial charge in [-0.2, -0.15) is 13.2 Å². The molecule has 0 saturated heterocycles.